The standard InChI is InChI=1S/C8H13N3O5S/c1-6(12)11-5-7(2-3-8(11)4-9)10-16-17(13,14)15/h7-8,10H,2-3,5H2,1H3,(H,13,14,15)/t7-,8+/m1/s1. The van der Waals surface area contributed by atoms with Gasteiger partial charge in [0.1, 0.15) is 6.04 Å². The summed E-state index contributed by atoms with van der Waals surface area (Å²) in [7, 11) is -4.56. The van der Waals surface area contributed by atoms with E-state index in [9.17, 15) is 13.2 Å². The number of nitrogens with zero attached hydrogens (tertiary/aromatic N) is 2. The van der Waals surface area contributed by atoms with Gasteiger partial charge in [-0.1, -0.05) is 0 Å². The van der Waals surface area contributed by atoms with Gasteiger partial charge < -0.3 is 4.90 Å². The fraction of sp³-hybridized carbons (Fsp3) is 0.750. The molecule has 0 aromatic carbocycles. The number of carbonyl (C=O) groups excluding carboxylic acids is 1. The Bertz CT molecular complexity index is 429. The molecule has 17 heavy (non-hydrogen) atoms. The van der Waals surface area contributed by atoms with E-state index in [4.69, 9.17) is 9.81 Å². The summed E-state index contributed by atoms with van der Waals surface area (Å²) in [6.07, 6.45) is 0.889. The molecule has 0 radical (unpaired) electrons. The lowest BCUT2D eigenvalue weighted by Gasteiger charge is -2.35. The maximum Gasteiger partial charge on any atom is 0.413 e. The van der Waals surface area contributed by atoms with Gasteiger partial charge in [0.15, 0.2) is 0 Å². The molecule has 0 spiro atoms. The number of hydroxylamine groups is 1. The molecule has 1 aliphatic rings. The van der Waals surface area contributed by atoms with Gasteiger partial charge in [-0.15, -0.1) is 0 Å². The molecule has 0 aromatic heterocycles. The second-order valence-electron chi connectivity index (χ2n) is 3.72. The van der Waals surface area contributed by atoms with Crippen LogP contribution in [-0.4, -0.2) is 42.4 Å². The SMILES string of the molecule is CC(=O)N1C[C@H](NOS(=O)(=O)O)CC[C@H]1C#N. The van der Waals surface area contributed by atoms with Gasteiger partial charge in [-0.2, -0.15) is 23.4 Å². The number of carbonyl (C=O) groups is 1. The third kappa shape index (κ3) is 4.27. The molecule has 1 heterocycles. The zero-order valence-corrected chi connectivity index (χ0v) is 9.98. The van der Waals surface area contributed by atoms with Crippen LogP contribution in [0.25, 0.3) is 0 Å². The minimum Gasteiger partial charge on any atom is -0.325 e. The first-order chi connectivity index (χ1) is 7.83. The lowest BCUT2D eigenvalue weighted by Crippen LogP contribution is -2.52. The van der Waals surface area contributed by atoms with Crippen LogP contribution < -0.4 is 5.48 Å². The van der Waals surface area contributed by atoms with Crippen molar-refractivity contribution < 1.29 is 22.0 Å². The summed E-state index contributed by atoms with van der Waals surface area (Å²) in [5, 5.41) is 8.82. The molecule has 1 rings (SSSR count). The predicted molar refractivity (Wildman–Crippen MR) is 55.6 cm³/mol. The first kappa shape index (κ1) is 13.9. The van der Waals surface area contributed by atoms with Crippen molar-refractivity contribution in [3.05, 3.63) is 0 Å². The predicted octanol–water partition coefficient (Wildman–Crippen LogP) is -0.787. The van der Waals surface area contributed by atoms with Crippen LogP contribution in [0.3, 0.4) is 0 Å². The molecule has 1 fully saturated rings. The summed E-state index contributed by atoms with van der Waals surface area (Å²) in [5.41, 5.74) is 2.15. The van der Waals surface area contributed by atoms with Crippen LogP contribution in [0.1, 0.15) is 19.8 Å². The lowest BCUT2D eigenvalue weighted by molar-refractivity contribution is -0.132. The first-order valence-corrected chi connectivity index (χ1v) is 6.28. The summed E-state index contributed by atoms with van der Waals surface area (Å²) >= 11 is 0. The number of hydrogen-bond donors (Lipinski definition) is 2. The molecule has 2 N–H and O–H groups in total. The van der Waals surface area contributed by atoms with Crippen molar-refractivity contribution in [3.63, 3.8) is 0 Å². The lowest BCUT2D eigenvalue weighted by atomic mass is 10.00. The number of amides is 1. The minimum atomic E-state index is -4.56. The minimum absolute atomic E-state index is 0.156. The van der Waals surface area contributed by atoms with E-state index in [1.165, 1.54) is 11.8 Å². The summed E-state index contributed by atoms with van der Waals surface area (Å²) < 4.78 is 33.1. The van der Waals surface area contributed by atoms with E-state index < -0.39 is 22.5 Å². The highest BCUT2D eigenvalue weighted by atomic mass is 32.3. The highest BCUT2D eigenvalue weighted by Crippen LogP contribution is 2.17. The molecule has 8 nitrogen and oxygen atoms in total. The van der Waals surface area contributed by atoms with Crippen molar-refractivity contribution in [2.45, 2.75) is 31.8 Å². The van der Waals surface area contributed by atoms with Crippen molar-refractivity contribution in [2.24, 2.45) is 0 Å². The summed E-state index contributed by atoms with van der Waals surface area (Å²) in [5.74, 6) is -0.269. The zero-order chi connectivity index (χ0) is 13.1. The van der Waals surface area contributed by atoms with E-state index in [2.05, 4.69) is 9.76 Å². The van der Waals surface area contributed by atoms with Crippen LogP contribution in [0.5, 0.6) is 0 Å². The monoisotopic (exact) mass is 263 g/mol. The Morgan fingerprint density at radius 1 is 1.59 bits per heavy atom. The van der Waals surface area contributed by atoms with E-state index in [0.29, 0.717) is 12.8 Å². The number of rotatable bonds is 3. The Balaban J connectivity index is 2.58. The van der Waals surface area contributed by atoms with Crippen molar-refractivity contribution in [3.8, 4) is 6.07 Å². The van der Waals surface area contributed by atoms with Crippen molar-refractivity contribution >= 4 is 16.3 Å². The molecule has 96 valence electrons. The number of piperidine rings is 1. The van der Waals surface area contributed by atoms with Crippen molar-refractivity contribution in [1.82, 2.24) is 10.4 Å². The summed E-state index contributed by atoms with van der Waals surface area (Å²) in [6.45, 7) is 1.49. The molecular formula is C8H13N3O5S. The molecule has 1 saturated heterocycles. The number of hydrogen-bond acceptors (Lipinski definition) is 6. The number of nitrogens with one attached hydrogen (secondary N) is 1. The van der Waals surface area contributed by atoms with Crippen molar-refractivity contribution in [1.29, 1.82) is 5.26 Å². The van der Waals surface area contributed by atoms with Gasteiger partial charge in [-0.3, -0.25) is 9.35 Å². The highest BCUT2D eigenvalue weighted by Gasteiger charge is 2.30. The highest BCUT2D eigenvalue weighted by molar-refractivity contribution is 7.80. The van der Waals surface area contributed by atoms with Crippen LogP contribution in [0.4, 0.5) is 0 Å². The van der Waals surface area contributed by atoms with E-state index in [1.54, 1.807) is 0 Å². The topological polar surface area (TPSA) is 120 Å². The Labute approximate surface area is 99.1 Å². The van der Waals surface area contributed by atoms with E-state index in [-0.39, 0.29) is 12.5 Å². The molecule has 9 heteroatoms. The molecule has 0 saturated carbocycles. The van der Waals surface area contributed by atoms with E-state index in [0.717, 1.165) is 0 Å². The van der Waals surface area contributed by atoms with Crippen LogP contribution in [0, 0.1) is 11.3 Å². The second-order valence-corrected chi connectivity index (χ2v) is 4.74. The van der Waals surface area contributed by atoms with Gasteiger partial charge in [0.2, 0.25) is 5.91 Å². The average molecular weight is 263 g/mol. The first-order valence-electron chi connectivity index (χ1n) is 4.91. The average Bonchev–Trinajstić information content (AvgIpc) is 2.25. The Hall–Kier alpha value is -1.21. The Kier molecular flexibility index (Phi) is 4.41. The number of nitriles is 1. The van der Waals surface area contributed by atoms with Crippen LogP contribution in [-0.2, 0) is 19.5 Å². The van der Waals surface area contributed by atoms with Crippen LogP contribution in [0.15, 0.2) is 0 Å². The molecule has 1 amide bonds. The van der Waals surface area contributed by atoms with Crippen LogP contribution in [0.2, 0.25) is 0 Å². The fourth-order valence-corrected chi connectivity index (χ4v) is 1.94. The van der Waals surface area contributed by atoms with Crippen molar-refractivity contribution in [2.75, 3.05) is 6.54 Å². The van der Waals surface area contributed by atoms with Gasteiger partial charge >= 0.3 is 10.4 Å². The van der Waals surface area contributed by atoms with Crippen LogP contribution >= 0.6 is 0 Å². The molecular weight excluding hydrogens is 250 g/mol. The van der Waals surface area contributed by atoms with Gasteiger partial charge in [0.25, 0.3) is 0 Å². The quantitative estimate of drug-likeness (QED) is 0.506. The molecule has 0 aromatic rings. The molecule has 1 aliphatic heterocycles. The fourth-order valence-electron chi connectivity index (χ4n) is 1.68. The Morgan fingerprint density at radius 2 is 2.24 bits per heavy atom. The van der Waals surface area contributed by atoms with Gasteiger partial charge in [0, 0.05) is 13.5 Å². The normalized spacial score (nSPS) is 25.4. The summed E-state index contributed by atoms with van der Waals surface area (Å²) in [4.78, 5) is 12.6. The largest absolute Gasteiger partial charge is 0.413 e. The van der Waals surface area contributed by atoms with Gasteiger partial charge in [-0.25, -0.2) is 0 Å². The van der Waals surface area contributed by atoms with Gasteiger partial charge in [-0.05, 0) is 12.8 Å². The third-order valence-electron chi connectivity index (χ3n) is 2.46. The third-order valence-corrected chi connectivity index (χ3v) is 2.76. The molecule has 2 atom stereocenters. The maximum atomic E-state index is 11.3. The summed E-state index contributed by atoms with van der Waals surface area (Å²) in [6, 6.07) is 1.05. The molecule has 0 unspecified atom stereocenters. The smallest absolute Gasteiger partial charge is 0.325 e. The zero-order valence-electron chi connectivity index (χ0n) is 9.16. The molecule has 0 aliphatic carbocycles. The molecule has 0 bridgehead atoms. The second kappa shape index (κ2) is 5.42. The number of likely N-dealkylation sites (tertiary alicyclic amines) is 1. The van der Waals surface area contributed by atoms with E-state index >= 15 is 0 Å². The van der Waals surface area contributed by atoms with Gasteiger partial charge in [0.05, 0.1) is 12.1 Å². The Morgan fingerprint density at radius 3 is 2.71 bits per heavy atom. The van der Waals surface area contributed by atoms with E-state index in [1.807, 2.05) is 6.07 Å². The maximum absolute atomic E-state index is 11.3.